The Morgan fingerprint density at radius 3 is 2.32 bits per heavy atom. The molecule has 0 radical (unpaired) electrons. The van der Waals surface area contributed by atoms with E-state index in [9.17, 15) is 17.2 Å². The van der Waals surface area contributed by atoms with Crippen molar-refractivity contribution in [1.29, 1.82) is 0 Å². The lowest BCUT2D eigenvalue weighted by Gasteiger charge is -2.12. The van der Waals surface area contributed by atoms with Crippen molar-refractivity contribution < 1.29 is 21.9 Å². The van der Waals surface area contributed by atoms with Crippen LogP contribution in [0.2, 0.25) is 5.02 Å². The summed E-state index contributed by atoms with van der Waals surface area (Å²) in [5.41, 5.74) is 0.729. The van der Waals surface area contributed by atoms with Gasteiger partial charge in [0.1, 0.15) is 5.75 Å². The van der Waals surface area contributed by atoms with Crippen LogP contribution in [0.15, 0.2) is 47.4 Å². The molecule has 8 heteroatoms. The summed E-state index contributed by atoms with van der Waals surface area (Å²) in [6, 6.07) is 9.61. The summed E-state index contributed by atoms with van der Waals surface area (Å²) in [7, 11) is -3.79. The summed E-state index contributed by atoms with van der Waals surface area (Å²) in [6.45, 7) is -1.35. The lowest BCUT2D eigenvalue weighted by Crippen LogP contribution is -2.13. The van der Waals surface area contributed by atoms with Crippen LogP contribution in [0.3, 0.4) is 0 Å². The van der Waals surface area contributed by atoms with Crippen LogP contribution in [-0.2, 0) is 10.0 Å². The number of hydrogen-bond donors (Lipinski definition) is 1. The third kappa shape index (κ3) is 4.08. The average Bonchev–Trinajstić information content (AvgIpc) is 2.41. The van der Waals surface area contributed by atoms with Gasteiger partial charge in [0.2, 0.25) is 0 Å². The Bertz CT molecular complexity index is 764. The largest absolute Gasteiger partial charge is 0.435 e. The number of hydrogen-bond acceptors (Lipinski definition) is 3. The van der Waals surface area contributed by atoms with E-state index in [1.807, 2.05) is 0 Å². The minimum Gasteiger partial charge on any atom is -0.435 e. The number of aryl methyl sites for hydroxylation is 1. The molecule has 4 nitrogen and oxygen atoms in total. The molecule has 0 aliphatic heterocycles. The average molecular weight is 348 g/mol. The second kappa shape index (κ2) is 6.50. The Hall–Kier alpha value is -1.86. The molecule has 0 spiro atoms. The molecular weight excluding hydrogens is 336 g/mol. The van der Waals surface area contributed by atoms with Gasteiger partial charge in [0.05, 0.1) is 10.6 Å². The van der Waals surface area contributed by atoms with Crippen LogP contribution >= 0.6 is 11.6 Å². The van der Waals surface area contributed by atoms with Gasteiger partial charge in [0.25, 0.3) is 10.0 Å². The Morgan fingerprint density at radius 1 is 1.14 bits per heavy atom. The summed E-state index contributed by atoms with van der Waals surface area (Å²) in [4.78, 5) is 0.0456. The molecule has 1 N–H and O–H groups in total. The third-order valence-corrected chi connectivity index (χ3v) is 4.42. The minimum atomic E-state index is -3.79. The van der Waals surface area contributed by atoms with Gasteiger partial charge in [-0.05, 0) is 55.0 Å². The summed E-state index contributed by atoms with van der Waals surface area (Å²) in [5, 5.41) is 0.420. The van der Waals surface area contributed by atoms with Crippen LogP contribution in [0.4, 0.5) is 14.5 Å². The lowest BCUT2D eigenvalue weighted by molar-refractivity contribution is -0.0498. The highest BCUT2D eigenvalue weighted by atomic mass is 35.5. The molecule has 0 aliphatic carbocycles. The fourth-order valence-electron chi connectivity index (χ4n) is 1.74. The lowest BCUT2D eigenvalue weighted by atomic mass is 10.2. The molecule has 0 saturated carbocycles. The van der Waals surface area contributed by atoms with Crippen molar-refractivity contribution in [2.75, 3.05) is 4.72 Å². The SMILES string of the molecule is Cc1cc(OC(F)F)ccc1NS(=O)(=O)c1ccc(Cl)cc1. The van der Waals surface area contributed by atoms with Crippen molar-refractivity contribution in [1.82, 2.24) is 0 Å². The van der Waals surface area contributed by atoms with E-state index in [0.717, 1.165) is 0 Å². The zero-order chi connectivity index (χ0) is 16.3. The van der Waals surface area contributed by atoms with E-state index in [4.69, 9.17) is 11.6 Å². The zero-order valence-corrected chi connectivity index (χ0v) is 13.0. The first-order valence-corrected chi connectivity index (χ1v) is 7.98. The van der Waals surface area contributed by atoms with Crippen LogP contribution in [0.1, 0.15) is 5.56 Å². The first kappa shape index (κ1) is 16.5. The van der Waals surface area contributed by atoms with E-state index in [2.05, 4.69) is 9.46 Å². The maximum absolute atomic E-state index is 12.2. The summed E-state index contributed by atoms with van der Waals surface area (Å²) in [6.07, 6.45) is 0. The van der Waals surface area contributed by atoms with Crippen LogP contribution < -0.4 is 9.46 Å². The molecule has 22 heavy (non-hydrogen) atoms. The van der Waals surface area contributed by atoms with Gasteiger partial charge in [0, 0.05) is 5.02 Å². The minimum absolute atomic E-state index is 0.0399. The standard InChI is InChI=1S/C14H12ClF2NO3S/c1-9-8-11(21-14(16)17)4-7-13(9)18-22(19,20)12-5-2-10(15)3-6-12/h2-8,14,18H,1H3. The van der Waals surface area contributed by atoms with Crippen LogP contribution in [0.5, 0.6) is 5.75 Å². The molecule has 118 valence electrons. The number of anilines is 1. The fourth-order valence-corrected chi connectivity index (χ4v) is 3.00. The van der Waals surface area contributed by atoms with Gasteiger partial charge in [-0.2, -0.15) is 8.78 Å². The van der Waals surface area contributed by atoms with Crippen molar-refractivity contribution in [2.24, 2.45) is 0 Å². The second-order valence-electron chi connectivity index (χ2n) is 4.41. The third-order valence-electron chi connectivity index (χ3n) is 2.79. The summed E-state index contributed by atoms with van der Waals surface area (Å²) >= 11 is 5.72. The van der Waals surface area contributed by atoms with Gasteiger partial charge in [-0.1, -0.05) is 11.6 Å². The Morgan fingerprint density at radius 2 is 1.77 bits per heavy atom. The Kier molecular flexibility index (Phi) is 4.87. The van der Waals surface area contributed by atoms with E-state index in [0.29, 0.717) is 10.6 Å². The highest BCUT2D eigenvalue weighted by Crippen LogP contribution is 2.25. The smallest absolute Gasteiger partial charge is 0.387 e. The van der Waals surface area contributed by atoms with Crippen LogP contribution in [0.25, 0.3) is 0 Å². The van der Waals surface area contributed by atoms with Crippen molar-refractivity contribution in [2.45, 2.75) is 18.4 Å². The van der Waals surface area contributed by atoms with E-state index in [1.165, 1.54) is 42.5 Å². The molecule has 0 aromatic heterocycles. The predicted molar refractivity (Wildman–Crippen MR) is 80.1 cm³/mol. The van der Waals surface area contributed by atoms with Gasteiger partial charge in [-0.15, -0.1) is 0 Å². The molecule has 2 aromatic rings. The topological polar surface area (TPSA) is 55.4 Å². The molecule has 0 heterocycles. The summed E-state index contributed by atoms with van der Waals surface area (Å²) < 4.78 is 55.4. The van der Waals surface area contributed by atoms with Crippen molar-refractivity contribution in [3.05, 3.63) is 53.1 Å². The quantitative estimate of drug-likeness (QED) is 0.887. The fraction of sp³-hybridized carbons (Fsp3) is 0.143. The van der Waals surface area contributed by atoms with Gasteiger partial charge >= 0.3 is 6.61 Å². The molecule has 0 bridgehead atoms. The molecule has 0 fully saturated rings. The summed E-state index contributed by atoms with van der Waals surface area (Å²) in [5.74, 6) is -0.0399. The van der Waals surface area contributed by atoms with Crippen molar-refractivity contribution in [3.8, 4) is 5.75 Å². The van der Waals surface area contributed by atoms with Crippen molar-refractivity contribution >= 4 is 27.3 Å². The monoisotopic (exact) mass is 347 g/mol. The second-order valence-corrected chi connectivity index (χ2v) is 6.53. The normalized spacial score (nSPS) is 11.5. The first-order chi connectivity index (χ1) is 10.3. The number of ether oxygens (including phenoxy) is 1. The molecule has 2 aromatic carbocycles. The molecule has 0 aliphatic rings. The number of sulfonamides is 1. The Labute approximate surface area is 131 Å². The van der Waals surface area contributed by atoms with Gasteiger partial charge in [0.15, 0.2) is 0 Å². The number of alkyl halides is 2. The molecule has 0 unspecified atom stereocenters. The maximum atomic E-state index is 12.2. The first-order valence-electron chi connectivity index (χ1n) is 6.12. The molecule has 0 amide bonds. The number of halogens is 3. The van der Waals surface area contributed by atoms with E-state index >= 15 is 0 Å². The highest BCUT2D eigenvalue weighted by Gasteiger charge is 2.15. The van der Waals surface area contributed by atoms with Crippen molar-refractivity contribution in [3.63, 3.8) is 0 Å². The van der Waals surface area contributed by atoms with Gasteiger partial charge < -0.3 is 4.74 Å². The number of rotatable bonds is 5. The number of benzene rings is 2. The maximum Gasteiger partial charge on any atom is 0.387 e. The van der Waals surface area contributed by atoms with Crippen LogP contribution in [-0.4, -0.2) is 15.0 Å². The Balaban J connectivity index is 2.24. The number of nitrogens with one attached hydrogen (secondary N) is 1. The van der Waals surface area contributed by atoms with E-state index in [-0.39, 0.29) is 16.3 Å². The highest BCUT2D eigenvalue weighted by molar-refractivity contribution is 7.92. The van der Waals surface area contributed by atoms with E-state index < -0.39 is 16.6 Å². The van der Waals surface area contributed by atoms with Gasteiger partial charge in [-0.3, -0.25) is 4.72 Å². The molecular formula is C14H12ClF2NO3S. The van der Waals surface area contributed by atoms with E-state index in [1.54, 1.807) is 6.92 Å². The molecule has 0 saturated heterocycles. The molecule has 2 rings (SSSR count). The van der Waals surface area contributed by atoms with Gasteiger partial charge in [-0.25, -0.2) is 8.42 Å². The molecule has 0 atom stereocenters. The predicted octanol–water partition coefficient (Wildman–Crippen LogP) is 4.05. The zero-order valence-electron chi connectivity index (χ0n) is 11.4. The van der Waals surface area contributed by atoms with Crippen LogP contribution in [0, 0.1) is 6.92 Å².